The molecule has 2 N–H and O–H groups in total. The molecule has 0 aliphatic heterocycles. The molecule has 0 aromatic carbocycles. The van der Waals surface area contributed by atoms with Crippen LogP contribution in [0.1, 0.15) is 12.8 Å². The summed E-state index contributed by atoms with van der Waals surface area (Å²) in [5.74, 6) is 0.00498. The van der Waals surface area contributed by atoms with Crippen molar-refractivity contribution < 1.29 is 4.79 Å². The molecule has 5 heteroatoms. The Hall–Kier alpha value is -1.29. The Bertz CT molecular complexity index is 365. The van der Waals surface area contributed by atoms with Gasteiger partial charge in [0.1, 0.15) is 0 Å². The van der Waals surface area contributed by atoms with E-state index in [4.69, 9.17) is 11.6 Å². The molecule has 0 bridgehead atoms. The predicted octanol–water partition coefficient (Wildman–Crippen LogP) is 1.43. The maximum absolute atomic E-state index is 11.3. The second-order valence-electron chi connectivity index (χ2n) is 3.55. The van der Waals surface area contributed by atoms with Crippen molar-refractivity contribution in [2.24, 2.45) is 0 Å². The molecule has 15 heavy (non-hydrogen) atoms. The Balaban J connectivity index is 1.81. The number of carbonyl (C=O) groups is 1. The monoisotopic (exact) mass is 225 g/mol. The van der Waals surface area contributed by atoms with Gasteiger partial charge in [-0.2, -0.15) is 0 Å². The summed E-state index contributed by atoms with van der Waals surface area (Å²) in [6, 6.07) is 2.14. The first-order valence-electron chi connectivity index (χ1n) is 4.88. The summed E-state index contributed by atoms with van der Waals surface area (Å²) in [6.07, 6.45) is 5.37. The molecule has 4 nitrogen and oxygen atoms in total. The number of nitrogens with zero attached hydrogens (tertiary/aromatic N) is 1. The number of hydrogen-bond donors (Lipinski definition) is 2. The third kappa shape index (κ3) is 3.09. The molecule has 0 radical (unpaired) electrons. The highest BCUT2D eigenvalue weighted by Crippen LogP contribution is 2.20. The lowest BCUT2D eigenvalue weighted by Gasteiger charge is -2.07. The van der Waals surface area contributed by atoms with E-state index in [0.717, 1.165) is 18.5 Å². The Morgan fingerprint density at radius 1 is 1.60 bits per heavy atom. The van der Waals surface area contributed by atoms with Crippen molar-refractivity contribution in [3.8, 4) is 0 Å². The Morgan fingerprint density at radius 3 is 3.07 bits per heavy atom. The molecule has 1 aromatic rings. The van der Waals surface area contributed by atoms with E-state index in [-0.39, 0.29) is 12.5 Å². The Kier molecular flexibility index (Phi) is 3.06. The number of carbonyl (C=O) groups excluding carboxylic acids is 1. The number of anilines is 1. The third-order valence-corrected chi connectivity index (χ3v) is 2.46. The van der Waals surface area contributed by atoms with Crippen molar-refractivity contribution in [3.05, 3.63) is 23.5 Å². The van der Waals surface area contributed by atoms with E-state index in [1.807, 2.05) is 0 Å². The van der Waals surface area contributed by atoms with Crippen LogP contribution < -0.4 is 10.6 Å². The second-order valence-corrected chi connectivity index (χ2v) is 3.96. The molecule has 80 valence electrons. The summed E-state index contributed by atoms with van der Waals surface area (Å²) in [6.45, 7) is 0.250. The minimum atomic E-state index is 0.00498. The van der Waals surface area contributed by atoms with E-state index in [2.05, 4.69) is 15.6 Å². The van der Waals surface area contributed by atoms with Gasteiger partial charge in [0.15, 0.2) is 0 Å². The van der Waals surface area contributed by atoms with Crippen molar-refractivity contribution in [2.45, 2.75) is 18.9 Å². The number of halogens is 1. The smallest absolute Gasteiger partial charge is 0.239 e. The zero-order valence-corrected chi connectivity index (χ0v) is 8.92. The first-order valence-corrected chi connectivity index (χ1v) is 5.26. The van der Waals surface area contributed by atoms with Crippen LogP contribution in [-0.4, -0.2) is 23.5 Å². The SMILES string of the molecule is O=C(CNc1ccncc1Cl)NC1CC1. The number of amides is 1. The molecule has 1 heterocycles. The largest absolute Gasteiger partial charge is 0.375 e. The van der Waals surface area contributed by atoms with Crippen molar-refractivity contribution in [3.63, 3.8) is 0 Å². The lowest BCUT2D eigenvalue weighted by molar-refractivity contribution is -0.119. The fourth-order valence-corrected chi connectivity index (χ4v) is 1.39. The van der Waals surface area contributed by atoms with Gasteiger partial charge >= 0.3 is 0 Å². The number of nitrogens with one attached hydrogen (secondary N) is 2. The molecule has 0 unspecified atom stereocenters. The average Bonchev–Trinajstić information content (AvgIpc) is 3.00. The van der Waals surface area contributed by atoms with Crippen LogP contribution in [-0.2, 0) is 4.79 Å². The molecule has 1 aliphatic rings. The molecular weight excluding hydrogens is 214 g/mol. The van der Waals surface area contributed by atoms with Crippen molar-refractivity contribution in [1.29, 1.82) is 0 Å². The third-order valence-electron chi connectivity index (χ3n) is 2.15. The molecular formula is C10H12ClN3O. The zero-order valence-electron chi connectivity index (χ0n) is 8.16. The Labute approximate surface area is 93.0 Å². The predicted molar refractivity (Wildman–Crippen MR) is 58.9 cm³/mol. The first-order chi connectivity index (χ1) is 7.25. The fourth-order valence-electron chi connectivity index (χ4n) is 1.20. The fraction of sp³-hybridized carbons (Fsp3) is 0.400. The summed E-state index contributed by atoms with van der Waals surface area (Å²) >= 11 is 5.87. The van der Waals surface area contributed by atoms with E-state index >= 15 is 0 Å². The zero-order chi connectivity index (χ0) is 10.7. The summed E-state index contributed by atoms with van der Waals surface area (Å²) in [5.41, 5.74) is 0.734. The number of hydrogen-bond acceptors (Lipinski definition) is 3. The van der Waals surface area contributed by atoms with Gasteiger partial charge in [-0.1, -0.05) is 11.6 Å². The molecule has 0 saturated heterocycles. The molecule has 1 aromatic heterocycles. The number of pyridine rings is 1. The molecule has 1 fully saturated rings. The normalized spacial score (nSPS) is 14.7. The second kappa shape index (κ2) is 4.49. The van der Waals surface area contributed by atoms with Crippen LogP contribution in [0, 0.1) is 0 Å². The summed E-state index contributed by atoms with van der Waals surface area (Å²) < 4.78 is 0. The van der Waals surface area contributed by atoms with E-state index in [0.29, 0.717) is 11.1 Å². The lowest BCUT2D eigenvalue weighted by Crippen LogP contribution is -2.31. The van der Waals surface area contributed by atoms with Gasteiger partial charge in [-0.15, -0.1) is 0 Å². The van der Waals surface area contributed by atoms with Gasteiger partial charge in [0, 0.05) is 18.4 Å². The van der Waals surface area contributed by atoms with Crippen LogP contribution in [0.15, 0.2) is 18.5 Å². The molecule has 0 spiro atoms. The maximum atomic E-state index is 11.3. The highest BCUT2D eigenvalue weighted by molar-refractivity contribution is 6.33. The van der Waals surface area contributed by atoms with Crippen LogP contribution in [0.2, 0.25) is 5.02 Å². The van der Waals surface area contributed by atoms with Gasteiger partial charge in [0.05, 0.1) is 17.3 Å². The van der Waals surface area contributed by atoms with E-state index in [9.17, 15) is 4.79 Å². The lowest BCUT2D eigenvalue weighted by atomic mass is 10.4. The summed E-state index contributed by atoms with van der Waals surface area (Å²) in [5, 5.41) is 6.37. The van der Waals surface area contributed by atoms with Crippen LogP contribution >= 0.6 is 11.6 Å². The van der Waals surface area contributed by atoms with Crippen molar-refractivity contribution in [2.75, 3.05) is 11.9 Å². The molecule has 2 rings (SSSR count). The van der Waals surface area contributed by atoms with Crippen molar-refractivity contribution >= 4 is 23.2 Å². The number of aromatic nitrogens is 1. The van der Waals surface area contributed by atoms with Crippen LogP contribution in [0.4, 0.5) is 5.69 Å². The van der Waals surface area contributed by atoms with Gasteiger partial charge in [-0.05, 0) is 18.9 Å². The van der Waals surface area contributed by atoms with Gasteiger partial charge in [-0.3, -0.25) is 9.78 Å². The molecule has 1 aliphatic carbocycles. The summed E-state index contributed by atoms with van der Waals surface area (Å²) in [7, 11) is 0. The number of rotatable bonds is 4. The van der Waals surface area contributed by atoms with E-state index < -0.39 is 0 Å². The summed E-state index contributed by atoms with van der Waals surface area (Å²) in [4.78, 5) is 15.2. The van der Waals surface area contributed by atoms with Crippen LogP contribution in [0.3, 0.4) is 0 Å². The maximum Gasteiger partial charge on any atom is 0.239 e. The van der Waals surface area contributed by atoms with E-state index in [1.165, 1.54) is 0 Å². The standard InChI is InChI=1S/C10H12ClN3O/c11-8-5-12-4-3-9(8)13-6-10(15)14-7-1-2-7/h3-5,7H,1-2,6H2,(H,12,13)(H,14,15). The highest BCUT2D eigenvalue weighted by Gasteiger charge is 2.22. The molecule has 1 saturated carbocycles. The topological polar surface area (TPSA) is 54.0 Å². The molecule has 1 amide bonds. The Morgan fingerprint density at radius 2 is 2.40 bits per heavy atom. The average molecular weight is 226 g/mol. The van der Waals surface area contributed by atoms with Crippen LogP contribution in [0.5, 0.6) is 0 Å². The quantitative estimate of drug-likeness (QED) is 0.815. The minimum Gasteiger partial charge on any atom is -0.375 e. The van der Waals surface area contributed by atoms with Gasteiger partial charge in [-0.25, -0.2) is 0 Å². The highest BCUT2D eigenvalue weighted by atomic mass is 35.5. The van der Waals surface area contributed by atoms with Crippen LogP contribution in [0.25, 0.3) is 0 Å². The minimum absolute atomic E-state index is 0.00498. The van der Waals surface area contributed by atoms with Crippen molar-refractivity contribution in [1.82, 2.24) is 10.3 Å². The van der Waals surface area contributed by atoms with Gasteiger partial charge in [0.2, 0.25) is 5.91 Å². The first kappa shape index (κ1) is 10.2. The molecule has 0 atom stereocenters. The van der Waals surface area contributed by atoms with Gasteiger partial charge in [0.25, 0.3) is 0 Å². The van der Waals surface area contributed by atoms with Gasteiger partial charge < -0.3 is 10.6 Å². The van der Waals surface area contributed by atoms with E-state index in [1.54, 1.807) is 18.5 Å².